The summed E-state index contributed by atoms with van der Waals surface area (Å²) in [6.45, 7) is 0.435. The summed E-state index contributed by atoms with van der Waals surface area (Å²) in [5, 5.41) is 18.2. The molecule has 7 nitrogen and oxygen atoms in total. The molecule has 1 atom stereocenters. The van der Waals surface area contributed by atoms with Crippen molar-refractivity contribution in [3.8, 4) is 0 Å². The molecule has 8 heteroatoms. The lowest BCUT2D eigenvalue weighted by molar-refractivity contribution is -0.137. The standard InChI is InChI=1S/C9H17NO6S/c11-8(12)2-1-5-17(14,15)10-6-9(13)3-4-16-7-9/h10,13H,1-7H2,(H,11,12). The van der Waals surface area contributed by atoms with Crippen molar-refractivity contribution in [2.75, 3.05) is 25.5 Å². The molecule has 0 aromatic carbocycles. The van der Waals surface area contributed by atoms with Crippen molar-refractivity contribution in [3.63, 3.8) is 0 Å². The van der Waals surface area contributed by atoms with Crippen LogP contribution in [0.3, 0.4) is 0 Å². The van der Waals surface area contributed by atoms with Gasteiger partial charge in [-0.2, -0.15) is 0 Å². The predicted molar refractivity (Wildman–Crippen MR) is 59.0 cm³/mol. The number of carboxylic acid groups (broad SMARTS) is 1. The van der Waals surface area contributed by atoms with Crippen LogP contribution in [-0.2, 0) is 19.6 Å². The molecule has 0 saturated carbocycles. The molecule has 1 unspecified atom stereocenters. The van der Waals surface area contributed by atoms with Crippen LogP contribution in [0.4, 0.5) is 0 Å². The van der Waals surface area contributed by atoms with Gasteiger partial charge in [-0.1, -0.05) is 0 Å². The molecule has 1 fully saturated rings. The molecule has 1 aliphatic rings. The topological polar surface area (TPSA) is 113 Å². The number of aliphatic hydroxyl groups is 1. The summed E-state index contributed by atoms with van der Waals surface area (Å²) in [6, 6.07) is 0. The highest BCUT2D eigenvalue weighted by Gasteiger charge is 2.33. The van der Waals surface area contributed by atoms with E-state index in [1.165, 1.54) is 0 Å². The van der Waals surface area contributed by atoms with E-state index in [2.05, 4.69) is 4.72 Å². The molecule has 0 aromatic heterocycles. The molecule has 0 aliphatic carbocycles. The Hall–Kier alpha value is -0.700. The molecule has 1 saturated heterocycles. The minimum Gasteiger partial charge on any atom is -0.481 e. The second-order valence-corrected chi connectivity index (χ2v) is 6.09. The maximum atomic E-state index is 11.5. The van der Waals surface area contributed by atoms with Crippen LogP contribution in [0.2, 0.25) is 0 Å². The van der Waals surface area contributed by atoms with Gasteiger partial charge < -0.3 is 14.9 Å². The maximum Gasteiger partial charge on any atom is 0.303 e. The lowest BCUT2D eigenvalue weighted by atomic mass is 10.1. The molecule has 0 aromatic rings. The van der Waals surface area contributed by atoms with Gasteiger partial charge in [0.25, 0.3) is 0 Å². The van der Waals surface area contributed by atoms with Crippen LogP contribution in [-0.4, -0.2) is 55.7 Å². The number of aliphatic carboxylic acids is 1. The van der Waals surface area contributed by atoms with Crippen LogP contribution in [0, 0.1) is 0 Å². The minimum absolute atomic E-state index is 0.0552. The van der Waals surface area contributed by atoms with Crippen LogP contribution < -0.4 is 4.72 Å². The monoisotopic (exact) mass is 267 g/mol. The van der Waals surface area contributed by atoms with Crippen LogP contribution in [0.25, 0.3) is 0 Å². The van der Waals surface area contributed by atoms with Crippen LogP contribution in [0.1, 0.15) is 19.3 Å². The number of carboxylic acids is 1. The number of carbonyl (C=O) groups is 1. The Bertz CT molecular complexity index is 360. The molecular formula is C9H17NO6S. The van der Waals surface area contributed by atoms with Crippen LogP contribution >= 0.6 is 0 Å². The zero-order valence-electron chi connectivity index (χ0n) is 9.39. The molecule has 1 aliphatic heterocycles. The summed E-state index contributed by atoms with van der Waals surface area (Å²) in [7, 11) is -3.53. The molecule has 0 bridgehead atoms. The fourth-order valence-electron chi connectivity index (χ4n) is 1.47. The number of rotatable bonds is 7. The van der Waals surface area contributed by atoms with E-state index in [9.17, 15) is 18.3 Å². The van der Waals surface area contributed by atoms with Gasteiger partial charge in [0.1, 0.15) is 5.60 Å². The van der Waals surface area contributed by atoms with Crippen molar-refractivity contribution >= 4 is 16.0 Å². The molecule has 0 amide bonds. The third-order valence-corrected chi connectivity index (χ3v) is 3.92. The normalized spacial score (nSPS) is 25.0. The minimum atomic E-state index is -3.53. The Balaban J connectivity index is 2.31. The third-order valence-electron chi connectivity index (χ3n) is 2.51. The predicted octanol–water partition coefficient (Wildman–Crippen LogP) is -1.08. The van der Waals surface area contributed by atoms with E-state index in [0.29, 0.717) is 13.0 Å². The summed E-state index contributed by atoms with van der Waals surface area (Å²) < 4.78 is 30.1. The zero-order valence-corrected chi connectivity index (χ0v) is 10.2. The van der Waals surface area contributed by atoms with Gasteiger partial charge in [0.05, 0.1) is 12.4 Å². The molecule has 1 rings (SSSR count). The summed E-state index contributed by atoms with van der Waals surface area (Å²) >= 11 is 0. The second kappa shape index (κ2) is 5.76. The Labute approximate surface area is 99.8 Å². The molecule has 3 N–H and O–H groups in total. The number of nitrogens with one attached hydrogen (secondary N) is 1. The van der Waals surface area contributed by atoms with Crippen molar-refractivity contribution < 1.29 is 28.2 Å². The van der Waals surface area contributed by atoms with Gasteiger partial charge in [-0.25, -0.2) is 13.1 Å². The van der Waals surface area contributed by atoms with E-state index in [0.717, 1.165) is 0 Å². The van der Waals surface area contributed by atoms with E-state index < -0.39 is 21.6 Å². The maximum absolute atomic E-state index is 11.5. The van der Waals surface area contributed by atoms with Crippen molar-refractivity contribution in [3.05, 3.63) is 0 Å². The largest absolute Gasteiger partial charge is 0.481 e. The summed E-state index contributed by atoms with van der Waals surface area (Å²) in [5.41, 5.74) is -1.14. The fraction of sp³-hybridized carbons (Fsp3) is 0.889. The van der Waals surface area contributed by atoms with Crippen molar-refractivity contribution in [1.29, 1.82) is 0 Å². The summed E-state index contributed by atoms with van der Waals surface area (Å²) in [4.78, 5) is 10.2. The first-order valence-corrected chi connectivity index (χ1v) is 6.97. The van der Waals surface area contributed by atoms with Crippen molar-refractivity contribution in [1.82, 2.24) is 4.72 Å². The van der Waals surface area contributed by atoms with Crippen LogP contribution in [0.5, 0.6) is 0 Å². The third kappa shape index (κ3) is 5.44. The SMILES string of the molecule is O=C(O)CCCS(=O)(=O)NCC1(O)CCOC1. The highest BCUT2D eigenvalue weighted by molar-refractivity contribution is 7.89. The van der Waals surface area contributed by atoms with Crippen molar-refractivity contribution in [2.45, 2.75) is 24.9 Å². The average Bonchev–Trinajstić information content (AvgIpc) is 2.63. The van der Waals surface area contributed by atoms with Gasteiger partial charge in [-0.15, -0.1) is 0 Å². The molecule has 1 heterocycles. The van der Waals surface area contributed by atoms with E-state index in [-0.39, 0.29) is 31.7 Å². The molecule has 100 valence electrons. The van der Waals surface area contributed by atoms with Gasteiger partial charge in [0.2, 0.25) is 10.0 Å². The molecule has 0 radical (unpaired) electrons. The Morgan fingerprint density at radius 1 is 1.47 bits per heavy atom. The van der Waals surface area contributed by atoms with Crippen molar-refractivity contribution in [2.24, 2.45) is 0 Å². The number of ether oxygens (including phenoxy) is 1. The Morgan fingerprint density at radius 3 is 2.71 bits per heavy atom. The first-order valence-electron chi connectivity index (χ1n) is 5.32. The molecular weight excluding hydrogens is 250 g/mol. The van der Waals surface area contributed by atoms with Gasteiger partial charge in [0.15, 0.2) is 0 Å². The van der Waals surface area contributed by atoms with Gasteiger partial charge in [-0.05, 0) is 6.42 Å². The zero-order chi connectivity index (χ0) is 12.9. The first kappa shape index (κ1) is 14.4. The van der Waals surface area contributed by atoms with Crippen LogP contribution in [0.15, 0.2) is 0 Å². The van der Waals surface area contributed by atoms with Gasteiger partial charge in [-0.3, -0.25) is 4.79 Å². The highest BCUT2D eigenvalue weighted by atomic mass is 32.2. The summed E-state index contributed by atoms with van der Waals surface area (Å²) in [5.74, 6) is -1.28. The molecule has 17 heavy (non-hydrogen) atoms. The highest BCUT2D eigenvalue weighted by Crippen LogP contribution is 2.17. The van der Waals surface area contributed by atoms with Gasteiger partial charge in [0, 0.05) is 26.0 Å². The Kier molecular flexibility index (Phi) is 4.87. The fourth-order valence-corrected chi connectivity index (χ4v) is 2.62. The Morgan fingerprint density at radius 2 is 2.18 bits per heavy atom. The average molecular weight is 267 g/mol. The van der Waals surface area contributed by atoms with E-state index >= 15 is 0 Å². The number of sulfonamides is 1. The lowest BCUT2D eigenvalue weighted by Crippen LogP contribution is -2.44. The van der Waals surface area contributed by atoms with E-state index in [4.69, 9.17) is 9.84 Å². The van der Waals surface area contributed by atoms with E-state index in [1.54, 1.807) is 0 Å². The number of hydrogen-bond donors (Lipinski definition) is 3. The van der Waals surface area contributed by atoms with Gasteiger partial charge >= 0.3 is 5.97 Å². The quantitative estimate of drug-likeness (QED) is 0.541. The molecule has 0 spiro atoms. The lowest BCUT2D eigenvalue weighted by Gasteiger charge is -2.20. The first-order chi connectivity index (χ1) is 7.83. The summed E-state index contributed by atoms with van der Waals surface area (Å²) in [6.07, 6.45) is 0.262. The van der Waals surface area contributed by atoms with E-state index in [1.807, 2.05) is 0 Å². The second-order valence-electron chi connectivity index (χ2n) is 4.16. The smallest absolute Gasteiger partial charge is 0.303 e. The number of hydrogen-bond acceptors (Lipinski definition) is 5.